The van der Waals surface area contributed by atoms with Crippen LogP contribution < -0.4 is 11.3 Å². The average molecular weight is 247 g/mol. The number of aromatic amines is 1. The summed E-state index contributed by atoms with van der Waals surface area (Å²) in [5.41, 5.74) is 6.82. The zero-order valence-electron chi connectivity index (χ0n) is 10.1. The van der Waals surface area contributed by atoms with Gasteiger partial charge in [0.15, 0.2) is 0 Å². The Labute approximate surface area is 105 Å². The number of nitrogens with one attached hydrogen (secondary N) is 1. The average Bonchev–Trinajstić information content (AvgIpc) is 2.71. The van der Waals surface area contributed by atoms with Crippen LogP contribution >= 0.6 is 0 Å². The van der Waals surface area contributed by atoms with Crippen LogP contribution in [0, 0.1) is 0 Å². The summed E-state index contributed by atoms with van der Waals surface area (Å²) >= 11 is 0. The van der Waals surface area contributed by atoms with Gasteiger partial charge in [-0.05, 0) is 25.5 Å². The number of aryl methyl sites for hydroxylation is 1. The van der Waals surface area contributed by atoms with Crippen LogP contribution in [-0.4, -0.2) is 21.4 Å². The molecule has 1 aromatic heterocycles. The molecule has 0 spiro atoms. The fraction of sp³-hybridized carbons (Fsp3) is 0.308. The van der Waals surface area contributed by atoms with Gasteiger partial charge in [0.05, 0.1) is 6.54 Å². The molecule has 0 unspecified atom stereocenters. The zero-order chi connectivity index (χ0) is 13.0. The van der Waals surface area contributed by atoms with E-state index in [9.17, 15) is 9.90 Å². The Morgan fingerprint density at radius 1 is 1.28 bits per heavy atom. The molecule has 0 aliphatic carbocycles. The Morgan fingerprint density at radius 2 is 2.06 bits per heavy atom. The molecule has 0 atom stereocenters. The van der Waals surface area contributed by atoms with Crippen molar-refractivity contribution in [3.8, 4) is 5.75 Å². The molecule has 0 radical (unpaired) electrons. The van der Waals surface area contributed by atoms with E-state index in [2.05, 4.69) is 5.10 Å². The zero-order valence-corrected chi connectivity index (χ0v) is 10.1. The topological polar surface area (TPSA) is 84.0 Å². The number of H-pyrrole nitrogens is 1. The molecule has 0 fully saturated rings. The molecule has 4 N–H and O–H groups in total. The molecule has 0 aliphatic rings. The van der Waals surface area contributed by atoms with Crippen molar-refractivity contribution in [3.05, 3.63) is 51.9 Å². The number of phenols is 1. The Bertz CT molecular complexity index is 572. The number of aromatic hydroxyl groups is 1. The second kappa shape index (κ2) is 5.55. The first-order valence-corrected chi connectivity index (χ1v) is 5.96. The largest absolute Gasteiger partial charge is 0.508 e. The van der Waals surface area contributed by atoms with Crippen molar-refractivity contribution in [1.29, 1.82) is 0 Å². The van der Waals surface area contributed by atoms with E-state index in [0.29, 0.717) is 25.1 Å². The summed E-state index contributed by atoms with van der Waals surface area (Å²) in [6.07, 6.45) is 3.18. The first-order chi connectivity index (χ1) is 8.72. The Hall–Kier alpha value is -2.01. The normalized spacial score (nSPS) is 10.7. The quantitative estimate of drug-likeness (QED) is 0.731. The standard InChI is InChI=1S/C13H17N3O2/c14-7-3-5-10-8-15-16(13(10)18)9-11-4-1-2-6-12(11)17/h1-2,4,6,8,15,17H,3,5,7,9,14H2. The van der Waals surface area contributed by atoms with Crippen molar-refractivity contribution < 1.29 is 5.11 Å². The van der Waals surface area contributed by atoms with Crippen LogP contribution in [0.1, 0.15) is 17.5 Å². The van der Waals surface area contributed by atoms with Gasteiger partial charge in [0.2, 0.25) is 0 Å². The Balaban J connectivity index is 2.18. The van der Waals surface area contributed by atoms with Gasteiger partial charge in [0.25, 0.3) is 5.56 Å². The lowest BCUT2D eigenvalue weighted by molar-refractivity contribution is 0.463. The van der Waals surface area contributed by atoms with Crippen LogP contribution in [-0.2, 0) is 13.0 Å². The fourth-order valence-electron chi connectivity index (χ4n) is 1.85. The molecular formula is C13H17N3O2. The molecule has 18 heavy (non-hydrogen) atoms. The smallest absolute Gasteiger partial charge is 0.269 e. The van der Waals surface area contributed by atoms with Gasteiger partial charge in [0.1, 0.15) is 5.75 Å². The van der Waals surface area contributed by atoms with Crippen LogP contribution in [0.15, 0.2) is 35.3 Å². The number of phenolic OH excluding ortho intramolecular Hbond substituents is 1. The highest BCUT2D eigenvalue weighted by molar-refractivity contribution is 5.31. The van der Waals surface area contributed by atoms with Gasteiger partial charge in [-0.15, -0.1) is 0 Å². The number of nitrogens with two attached hydrogens (primary N) is 1. The fourth-order valence-corrected chi connectivity index (χ4v) is 1.85. The van der Waals surface area contributed by atoms with E-state index in [1.54, 1.807) is 24.4 Å². The van der Waals surface area contributed by atoms with Crippen molar-refractivity contribution in [2.24, 2.45) is 5.73 Å². The van der Waals surface area contributed by atoms with Gasteiger partial charge in [-0.1, -0.05) is 18.2 Å². The molecule has 96 valence electrons. The number of nitrogens with zero attached hydrogens (tertiary/aromatic N) is 1. The molecule has 0 aliphatic heterocycles. The number of benzene rings is 1. The summed E-state index contributed by atoms with van der Waals surface area (Å²) in [6, 6.07) is 6.99. The molecule has 0 saturated heterocycles. The summed E-state index contributed by atoms with van der Waals surface area (Å²) < 4.78 is 1.49. The van der Waals surface area contributed by atoms with Crippen molar-refractivity contribution in [1.82, 2.24) is 9.78 Å². The minimum atomic E-state index is -0.0493. The van der Waals surface area contributed by atoms with E-state index in [0.717, 1.165) is 12.0 Å². The van der Waals surface area contributed by atoms with Gasteiger partial charge in [-0.25, -0.2) is 4.68 Å². The van der Waals surface area contributed by atoms with Crippen LogP contribution in [0.2, 0.25) is 0 Å². The highest BCUT2D eigenvalue weighted by Crippen LogP contribution is 2.15. The molecule has 1 heterocycles. The third-order valence-electron chi connectivity index (χ3n) is 2.88. The molecule has 0 bridgehead atoms. The number of rotatable bonds is 5. The van der Waals surface area contributed by atoms with Gasteiger partial charge < -0.3 is 15.9 Å². The van der Waals surface area contributed by atoms with Crippen molar-refractivity contribution in [2.45, 2.75) is 19.4 Å². The first kappa shape index (κ1) is 12.4. The van der Waals surface area contributed by atoms with Gasteiger partial charge in [-0.3, -0.25) is 4.79 Å². The third-order valence-corrected chi connectivity index (χ3v) is 2.88. The summed E-state index contributed by atoms with van der Waals surface area (Å²) in [5, 5.41) is 12.6. The van der Waals surface area contributed by atoms with E-state index < -0.39 is 0 Å². The van der Waals surface area contributed by atoms with Gasteiger partial charge in [-0.2, -0.15) is 0 Å². The predicted molar refractivity (Wildman–Crippen MR) is 69.6 cm³/mol. The van der Waals surface area contributed by atoms with E-state index in [4.69, 9.17) is 5.73 Å². The first-order valence-electron chi connectivity index (χ1n) is 5.96. The molecule has 0 saturated carbocycles. The monoisotopic (exact) mass is 247 g/mol. The maximum atomic E-state index is 12.0. The molecule has 0 amide bonds. The molecule has 5 nitrogen and oxygen atoms in total. The number of hydrogen-bond donors (Lipinski definition) is 3. The number of aromatic nitrogens is 2. The van der Waals surface area contributed by atoms with Crippen molar-refractivity contribution in [2.75, 3.05) is 6.54 Å². The maximum Gasteiger partial charge on any atom is 0.269 e. The second-order valence-corrected chi connectivity index (χ2v) is 4.21. The van der Waals surface area contributed by atoms with Gasteiger partial charge in [0, 0.05) is 17.3 Å². The Morgan fingerprint density at radius 3 is 2.78 bits per heavy atom. The molecular weight excluding hydrogens is 230 g/mol. The minimum absolute atomic E-state index is 0.0493. The van der Waals surface area contributed by atoms with Crippen LogP contribution in [0.25, 0.3) is 0 Å². The Kier molecular flexibility index (Phi) is 3.84. The van der Waals surface area contributed by atoms with Crippen molar-refractivity contribution in [3.63, 3.8) is 0 Å². The summed E-state index contributed by atoms with van der Waals surface area (Å²) in [7, 11) is 0. The lowest BCUT2D eigenvalue weighted by atomic mass is 10.2. The van der Waals surface area contributed by atoms with E-state index in [1.165, 1.54) is 4.68 Å². The number of hydrogen-bond acceptors (Lipinski definition) is 3. The number of para-hydroxylation sites is 1. The van der Waals surface area contributed by atoms with Crippen LogP contribution in [0.5, 0.6) is 5.75 Å². The van der Waals surface area contributed by atoms with Crippen LogP contribution in [0.3, 0.4) is 0 Å². The lowest BCUT2D eigenvalue weighted by Gasteiger charge is -2.04. The minimum Gasteiger partial charge on any atom is -0.508 e. The van der Waals surface area contributed by atoms with Crippen molar-refractivity contribution >= 4 is 0 Å². The molecule has 1 aromatic carbocycles. The molecule has 2 rings (SSSR count). The van der Waals surface area contributed by atoms with E-state index >= 15 is 0 Å². The summed E-state index contributed by atoms with van der Waals surface area (Å²) in [6.45, 7) is 0.915. The molecule has 2 aromatic rings. The highest BCUT2D eigenvalue weighted by Gasteiger charge is 2.07. The SMILES string of the molecule is NCCCc1c[nH]n(Cc2ccccc2O)c1=O. The second-order valence-electron chi connectivity index (χ2n) is 4.21. The maximum absolute atomic E-state index is 12.0. The predicted octanol–water partition coefficient (Wildman–Crippen LogP) is 0.822. The molecule has 5 heteroatoms. The van der Waals surface area contributed by atoms with Gasteiger partial charge >= 0.3 is 0 Å². The summed E-state index contributed by atoms with van der Waals surface area (Å²) in [4.78, 5) is 12.0. The highest BCUT2D eigenvalue weighted by atomic mass is 16.3. The summed E-state index contributed by atoms with van der Waals surface area (Å²) in [5.74, 6) is 0.197. The van der Waals surface area contributed by atoms with E-state index in [1.807, 2.05) is 6.07 Å². The van der Waals surface area contributed by atoms with E-state index in [-0.39, 0.29) is 11.3 Å². The van der Waals surface area contributed by atoms with Crippen LogP contribution in [0.4, 0.5) is 0 Å². The third kappa shape index (κ3) is 2.62. The lowest BCUT2D eigenvalue weighted by Crippen LogP contribution is -2.20.